The molecule has 162 valence electrons. The second kappa shape index (κ2) is 9.77. The van der Waals surface area contributed by atoms with Gasteiger partial charge in [0.2, 0.25) is 11.8 Å². The van der Waals surface area contributed by atoms with Crippen LogP contribution >= 0.6 is 22.9 Å². The Morgan fingerprint density at radius 2 is 2.03 bits per heavy atom. The molecular weight excluding hydrogens is 434 g/mol. The van der Waals surface area contributed by atoms with Crippen molar-refractivity contribution in [2.24, 2.45) is 0 Å². The SMILES string of the molecule is CC(=O)NC(CC(=O)N(CC1CCCO1)c1nc2ccccc2s1)c1ccc(Cl)cc1. The number of nitrogens with one attached hydrogen (secondary N) is 1. The van der Waals surface area contributed by atoms with E-state index in [-0.39, 0.29) is 24.3 Å². The number of ether oxygens (including phenoxy) is 1. The molecule has 2 aromatic carbocycles. The Hall–Kier alpha value is -2.48. The van der Waals surface area contributed by atoms with Gasteiger partial charge in [-0.3, -0.25) is 14.5 Å². The van der Waals surface area contributed by atoms with Crippen LogP contribution in [0.4, 0.5) is 5.13 Å². The quantitative estimate of drug-likeness (QED) is 0.556. The fourth-order valence-corrected chi connectivity index (χ4v) is 4.85. The van der Waals surface area contributed by atoms with Crippen molar-refractivity contribution >= 4 is 50.1 Å². The molecule has 0 bridgehead atoms. The number of fused-ring (bicyclic) bond motifs is 1. The van der Waals surface area contributed by atoms with Gasteiger partial charge in [0.15, 0.2) is 5.13 Å². The number of hydrogen-bond acceptors (Lipinski definition) is 5. The lowest BCUT2D eigenvalue weighted by molar-refractivity contribution is -0.121. The van der Waals surface area contributed by atoms with E-state index in [1.165, 1.54) is 18.3 Å². The zero-order valence-electron chi connectivity index (χ0n) is 17.2. The van der Waals surface area contributed by atoms with E-state index in [9.17, 15) is 9.59 Å². The fourth-order valence-electron chi connectivity index (χ4n) is 3.73. The Kier molecular flexibility index (Phi) is 6.85. The van der Waals surface area contributed by atoms with Crippen LogP contribution in [0.3, 0.4) is 0 Å². The zero-order chi connectivity index (χ0) is 21.8. The van der Waals surface area contributed by atoms with Gasteiger partial charge in [0.25, 0.3) is 0 Å². The van der Waals surface area contributed by atoms with Crippen molar-refractivity contribution in [3.05, 3.63) is 59.1 Å². The number of aromatic nitrogens is 1. The summed E-state index contributed by atoms with van der Waals surface area (Å²) in [6, 6.07) is 14.6. The van der Waals surface area contributed by atoms with Crippen LogP contribution in [-0.2, 0) is 14.3 Å². The number of rotatable bonds is 7. The van der Waals surface area contributed by atoms with Gasteiger partial charge < -0.3 is 10.1 Å². The van der Waals surface area contributed by atoms with Crippen LogP contribution < -0.4 is 10.2 Å². The van der Waals surface area contributed by atoms with Gasteiger partial charge in [0.1, 0.15) is 0 Å². The summed E-state index contributed by atoms with van der Waals surface area (Å²) in [4.78, 5) is 31.7. The van der Waals surface area contributed by atoms with Crippen molar-refractivity contribution in [3.63, 3.8) is 0 Å². The topological polar surface area (TPSA) is 71.5 Å². The van der Waals surface area contributed by atoms with Crippen LogP contribution in [-0.4, -0.2) is 36.1 Å². The third-order valence-electron chi connectivity index (χ3n) is 5.25. The lowest BCUT2D eigenvalue weighted by Crippen LogP contribution is -2.40. The number of para-hydroxylation sites is 1. The molecule has 0 radical (unpaired) electrons. The molecule has 1 N–H and O–H groups in total. The molecule has 6 nitrogen and oxygen atoms in total. The minimum atomic E-state index is -0.455. The van der Waals surface area contributed by atoms with Gasteiger partial charge in [-0.05, 0) is 42.7 Å². The molecule has 31 heavy (non-hydrogen) atoms. The summed E-state index contributed by atoms with van der Waals surface area (Å²) in [6.45, 7) is 2.61. The Morgan fingerprint density at radius 1 is 1.26 bits per heavy atom. The monoisotopic (exact) mass is 457 g/mol. The molecule has 1 aliphatic heterocycles. The Bertz CT molecular complexity index is 1030. The summed E-state index contributed by atoms with van der Waals surface area (Å²) in [6.07, 6.45) is 2.02. The molecule has 0 spiro atoms. The van der Waals surface area contributed by atoms with Crippen LogP contribution in [0, 0.1) is 0 Å². The van der Waals surface area contributed by atoms with E-state index in [4.69, 9.17) is 21.3 Å². The van der Waals surface area contributed by atoms with Gasteiger partial charge in [0.05, 0.1) is 35.3 Å². The van der Waals surface area contributed by atoms with E-state index in [0.29, 0.717) is 23.3 Å². The molecule has 2 heterocycles. The normalized spacial score (nSPS) is 16.9. The van der Waals surface area contributed by atoms with E-state index in [1.807, 2.05) is 36.4 Å². The number of anilines is 1. The summed E-state index contributed by atoms with van der Waals surface area (Å²) in [5.41, 5.74) is 1.69. The average Bonchev–Trinajstić information content (AvgIpc) is 3.41. The van der Waals surface area contributed by atoms with E-state index in [2.05, 4.69) is 5.32 Å². The molecule has 8 heteroatoms. The van der Waals surface area contributed by atoms with Crippen LogP contribution in [0.2, 0.25) is 5.02 Å². The molecular formula is C23H24ClN3O3S. The predicted octanol–water partition coefficient (Wildman–Crippen LogP) is 4.73. The first-order valence-electron chi connectivity index (χ1n) is 10.3. The van der Waals surface area contributed by atoms with E-state index < -0.39 is 6.04 Å². The maximum atomic E-state index is 13.5. The zero-order valence-corrected chi connectivity index (χ0v) is 18.8. The van der Waals surface area contributed by atoms with Gasteiger partial charge in [0, 0.05) is 18.6 Å². The minimum Gasteiger partial charge on any atom is -0.376 e. The summed E-state index contributed by atoms with van der Waals surface area (Å²) in [5.74, 6) is -0.304. The predicted molar refractivity (Wildman–Crippen MR) is 124 cm³/mol. The van der Waals surface area contributed by atoms with Gasteiger partial charge in [-0.25, -0.2) is 4.98 Å². The highest BCUT2D eigenvalue weighted by molar-refractivity contribution is 7.22. The smallest absolute Gasteiger partial charge is 0.231 e. The Balaban J connectivity index is 1.61. The first-order valence-corrected chi connectivity index (χ1v) is 11.5. The molecule has 1 aromatic heterocycles. The largest absolute Gasteiger partial charge is 0.376 e. The molecule has 1 aliphatic rings. The number of carbonyl (C=O) groups excluding carboxylic acids is 2. The maximum absolute atomic E-state index is 13.5. The number of nitrogens with zero attached hydrogens (tertiary/aromatic N) is 2. The Morgan fingerprint density at radius 3 is 2.71 bits per heavy atom. The number of benzene rings is 2. The highest BCUT2D eigenvalue weighted by Crippen LogP contribution is 2.31. The summed E-state index contributed by atoms with van der Waals surface area (Å²) in [5, 5.41) is 4.15. The van der Waals surface area contributed by atoms with Crippen LogP contribution in [0.25, 0.3) is 10.2 Å². The third kappa shape index (κ3) is 5.42. The molecule has 2 unspecified atom stereocenters. The number of amides is 2. The fraction of sp³-hybridized carbons (Fsp3) is 0.348. The van der Waals surface area contributed by atoms with Gasteiger partial charge in [-0.1, -0.05) is 47.2 Å². The molecule has 2 amide bonds. The number of carbonyl (C=O) groups is 2. The number of thiazole rings is 1. The first-order chi connectivity index (χ1) is 15.0. The van der Waals surface area contributed by atoms with Crippen molar-refractivity contribution in [3.8, 4) is 0 Å². The van der Waals surface area contributed by atoms with Gasteiger partial charge >= 0.3 is 0 Å². The van der Waals surface area contributed by atoms with E-state index >= 15 is 0 Å². The van der Waals surface area contributed by atoms with Gasteiger partial charge in [-0.2, -0.15) is 0 Å². The summed E-state index contributed by atoms with van der Waals surface area (Å²) >= 11 is 7.50. The second-order valence-electron chi connectivity index (χ2n) is 7.61. The maximum Gasteiger partial charge on any atom is 0.231 e. The molecule has 2 atom stereocenters. The molecule has 3 aromatic rings. The summed E-state index contributed by atoms with van der Waals surface area (Å²) < 4.78 is 6.82. The van der Waals surface area contributed by atoms with Crippen molar-refractivity contribution in [1.29, 1.82) is 0 Å². The number of hydrogen-bond donors (Lipinski definition) is 1. The van der Waals surface area contributed by atoms with E-state index in [0.717, 1.165) is 28.6 Å². The average molecular weight is 458 g/mol. The first kappa shape index (κ1) is 21.7. The van der Waals surface area contributed by atoms with Crippen molar-refractivity contribution in [1.82, 2.24) is 10.3 Å². The molecule has 0 saturated carbocycles. The highest BCUT2D eigenvalue weighted by Gasteiger charge is 2.28. The molecule has 1 saturated heterocycles. The lowest BCUT2D eigenvalue weighted by Gasteiger charge is -2.26. The van der Waals surface area contributed by atoms with Gasteiger partial charge in [-0.15, -0.1) is 0 Å². The molecule has 1 fully saturated rings. The standard InChI is InChI=1S/C23H24ClN3O3S/c1-15(28)25-20(16-8-10-17(24)11-9-16)13-22(29)27(14-18-5-4-12-30-18)23-26-19-6-2-3-7-21(19)31-23/h2-3,6-11,18,20H,4-5,12-14H2,1H3,(H,25,28). The number of halogens is 1. The minimum absolute atomic E-state index is 0.00860. The van der Waals surface area contributed by atoms with Crippen LogP contribution in [0.1, 0.15) is 37.8 Å². The highest BCUT2D eigenvalue weighted by atomic mass is 35.5. The van der Waals surface area contributed by atoms with Crippen molar-refractivity contribution in [2.75, 3.05) is 18.1 Å². The van der Waals surface area contributed by atoms with Crippen LogP contribution in [0.15, 0.2) is 48.5 Å². The van der Waals surface area contributed by atoms with E-state index in [1.54, 1.807) is 17.0 Å². The lowest BCUT2D eigenvalue weighted by atomic mass is 10.0. The molecule has 0 aliphatic carbocycles. The van der Waals surface area contributed by atoms with Crippen molar-refractivity contribution in [2.45, 2.75) is 38.3 Å². The van der Waals surface area contributed by atoms with Crippen LogP contribution in [0.5, 0.6) is 0 Å². The molecule has 4 rings (SSSR count). The summed E-state index contributed by atoms with van der Waals surface area (Å²) in [7, 11) is 0. The van der Waals surface area contributed by atoms with Crippen molar-refractivity contribution < 1.29 is 14.3 Å². The Labute approximate surface area is 190 Å². The third-order valence-corrected chi connectivity index (χ3v) is 6.56. The second-order valence-corrected chi connectivity index (χ2v) is 9.06.